The summed E-state index contributed by atoms with van der Waals surface area (Å²) in [6.07, 6.45) is 0. The van der Waals surface area contributed by atoms with Gasteiger partial charge in [0.25, 0.3) is 0 Å². The Morgan fingerprint density at radius 3 is 0.833 bits per heavy atom. The van der Waals surface area contributed by atoms with Crippen molar-refractivity contribution in [2.24, 2.45) is 0 Å². The maximum Gasteiger partial charge on any atom is 0.844 e. The second kappa shape index (κ2) is 3.56. The van der Waals surface area contributed by atoms with E-state index in [9.17, 15) is 16.4 Å². The Morgan fingerprint density at radius 1 is 0.833 bits per heavy atom. The molecule has 0 saturated carbocycles. The zero-order valence-corrected chi connectivity index (χ0v) is 7.13. The molecule has 0 heterocycles. The maximum absolute atomic E-state index is 9.83. The number of halogens is 4. The van der Waals surface area contributed by atoms with Crippen LogP contribution in [0.2, 0.25) is 0 Å². The molecule has 0 aliphatic rings. The Bertz CT molecular complexity index is 23.0. The second-order valence-corrected chi connectivity index (χ2v) is 1.29. The molecular formula is F4KSi. The van der Waals surface area contributed by atoms with E-state index < -0.39 is 9.41 Å². The van der Waals surface area contributed by atoms with Crippen LogP contribution >= 0.6 is 0 Å². The van der Waals surface area contributed by atoms with Crippen molar-refractivity contribution in [3.63, 3.8) is 0 Å². The molecule has 0 N–H and O–H groups in total. The SMILES string of the molecule is F[Si](F)(F)F.[K]. The average Bonchev–Trinajstić information content (AvgIpc) is 0.722. The van der Waals surface area contributed by atoms with Crippen LogP contribution in [0.4, 0.5) is 16.4 Å². The molecule has 0 atom stereocenters. The topological polar surface area (TPSA) is 0 Å². The van der Waals surface area contributed by atoms with Gasteiger partial charge in [0.05, 0.1) is 0 Å². The molecule has 0 saturated heterocycles. The van der Waals surface area contributed by atoms with Gasteiger partial charge in [-0.1, -0.05) is 0 Å². The van der Waals surface area contributed by atoms with Crippen molar-refractivity contribution in [1.82, 2.24) is 0 Å². The fraction of sp³-hybridized carbons (Fsp3) is 0. The first-order valence-corrected chi connectivity index (χ1v) is 2.27. The van der Waals surface area contributed by atoms with Gasteiger partial charge in [0, 0.05) is 51.4 Å². The molecule has 0 unspecified atom stereocenters. The Kier molecular flexibility index (Phi) is 6.25. The summed E-state index contributed by atoms with van der Waals surface area (Å²) in [6.45, 7) is 0. The Labute approximate surface area is 76.0 Å². The van der Waals surface area contributed by atoms with Gasteiger partial charge >= 0.3 is 9.41 Å². The number of hydrogen-bond acceptors (Lipinski definition) is 0. The van der Waals surface area contributed by atoms with Gasteiger partial charge in [-0.2, -0.15) is 0 Å². The second-order valence-electron chi connectivity index (χ2n) is 0.429. The zero-order valence-electron chi connectivity index (χ0n) is 3.01. The van der Waals surface area contributed by atoms with Gasteiger partial charge in [0.1, 0.15) is 0 Å². The molecule has 0 aliphatic carbocycles. The third kappa shape index (κ3) is 47.1. The Morgan fingerprint density at radius 2 is 0.833 bits per heavy atom. The molecule has 0 aromatic carbocycles. The van der Waals surface area contributed by atoms with Gasteiger partial charge in [0.15, 0.2) is 0 Å². The minimum absolute atomic E-state index is 0. The van der Waals surface area contributed by atoms with E-state index in [2.05, 4.69) is 0 Å². The average molecular weight is 143 g/mol. The largest absolute Gasteiger partial charge is 0.844 e. The molecule has 6 heteroatoms. The van der Waals surface area contributed by atoms with Crippen LogP contribution in [-0.4, -0.2) is 60.8 Å². The van der Waals surface area contributed by atoms with Gasteiger partial charge in [-0.05, 0) is 0 Å². The third-order valence-electron chi connectivity index (χ3n) is 0. The van der Waals surface area contributed by atoms with E-state index in [0.717, 1.165) is 0 Å². The Balaban J connectivity index is 0. The normalized spacial score (nSPS) is 10.0. The maximum atomic E-state index is 9.83. The van der Waals surface area contributed by atoms with Crippen LogP contribution in [0.15, 0.2) is 0 Å². The summed E-state index contributed by atoms with van der Waals surface area (Å²) >= 11 is 0. The van der Waals surface area contributed by atoms with Gasteiger partial charge < -0.3 is 0 Å². The number of rotatable bonds is 0. The van der Waals surface area contributed by atoms with Gasteiger partial charge in [-0.15, -0.1) is 0 Å². The fourth-order valence-electron chi connectivity index (χ4n) is 0. The molecule has 0 amide bonds. The summed E-state index contributed by atoms with van der Waals surface area (Å²) in [6, 6.07) is 0. The summed E-state index contributed by atoms with van der Waals surface area (Å²) in [5, 5.41) is 0. The monoisotopic (exact) mass is 143 g/mol. The van der Waals surface area contributed by atoms with Crippen LogP contribution in [0.25, 0.3) is 0 Å². The molecular weight excluding hydrogens is 143 g/mol. The first kappa shape index (κ1) is 10.5. The van der Waals surface area contributed by atoms with Crippen molar-refractivity contribution in [2.75, 3.05) is 0 Å². The smallest absolute Gasteiger partial charge is 0.211 e. The van der Waals surface area contributed by atoms with Gasteiger partial charge in [0.2, 0.25) is 0 Å². The summed E-state index contributed by atoms with van der Waals surface area (Å²) in [5.74, 6) is 0. The summed E-state index contributed by atoms with van der Waals surface area (Å²) in [5.41, 5.74) is 0. The van der Waals surface area contributed by atoms with E-state index in [1.807, 2.05) is 0 Å². The van der Waals surface area contributed by atoms with Gasteiger partial charge in [-0.25, -0.2) is 16.4 Å². The van der Waals surface area contributed by atoms with Crippen molar-refractivity contribution in [1.29, 1.82) is 0 Å². The van der Waals surface area contributed by atoms with Crippen LogP contribution < -0.4 is 0 Å². The minimum atomic E-state index is -6.61. The van der Waals surface area contributed by atoms with Crippen molar-refractivity contribution >= 4 is 60.8 Å². The van der Waals surface area contributed by atoms with Crippen molar-refractivity contribution in [3.8, 4) is 0 Å². The first-order valence-electron chi connectivity index (χ1n) is 0.756. The van der Waals surface area contributed by atoms with Crippen LogP contribution in [0.5, 0.6) is 0 Å². The molecule has 6 heavy (non-hydrogen) atoms. The predicted molar refractivity (Wildman–Crippen MR) is 15.9 cm³/mol. The van der Waals surface area contributed by atoms with Crippen LogP contribution in [0, 0.1) is 0 Å². The van der Waals surface area contributed by atoms with E-state index in [0.29, 0.717) is 0 Å². The molecule has 0 spiro atoms. The zero-order chi connectivity index (χ0) is 4.50. The Hall–Kier alpha value is 1.57. The van der Waals surface area contributed by atoms with Crippen molar-refractivity contribution in [2.45, 2.75) is 0 Å². The van der Waals surface area contributed by atoms with Crippen LogP contribution in [0.3, 0.4) is 0 Å². The predicted octanol–water partition coefficient (Wildman–Crippen LogP) is 0.919. The number of hydrogen-bond donors (Lipinski definition) is 0. The first-order chi connectivity index (χ1) is 2.00. The van der Waals surface area contributed by atoms with E-state index in [4.69, 9.17) is 0 Å². The summed E-state index contributed by atoms with van der Waals surface area (Å²) < 4.78 is 39.3. The van der Waals surface area contributed by atoms with E-state index in [1.165, 1.54) is 0 Å². The van der Waals surface area contributed by atoms with Gasteiger partial charge in [-0.3, -0.25) is 0 Å². The molecule has 0 nitrogen and oxygen atoms in total. The fourth-order valence-corrected chi connectivity index (χ4v) is 0. The quantitative estimate of drug-likeness (QED) is 0.269. The van der Waals surface area contributed by atoms with E-state index >= 15 is 0 Å². The van der Waals surface area contributed by atoms with Crippen molar-refractivity contribution in [3.05, 3.63) is 0 Å². The van der Waals surface area contributed by atoms with Crippen LogP contribution in [0.1, 0.15) is 0 Å². The molecule has 0 fully saturated rings. The van der Waals surface area contributed by atoms with Crippen molar-refractivity contribution < 1.29 is 16.4 Å². The van der Waals surface area contributed by atoms with Crippen LogP contribution in [-0.2, 0) is 0 Å². The minimum Gasteiger partial charge on any atom is -0.211 e. The summed E-state index contributed by atoms with van der Waals surface area (Å²) in [7, 11) is -6.61. The third-order valence-corrected chi connectivity index (χ3v) is 0. The molecule has 1 radical (unpaired) electrons. The molecule has 0 aromatic heterocycles. The summed E-state index contributed by atoms with van der Waals surface area (Å²) in [4.78, 5) is 0. The molecule has 0 bridgehead atoms. The molecule has 0 rings (SSSR count). The molecule has 0 aliphatic heterocycles. The molecule has 0 aromatic rings. The molecule has 33 valence electrons. The van der Waals surface area contributed by atoms with E-state index in [1.54, 1.807) is 0 Å². The van der Waals surface area contributed by atoms with E-state index in [-0.39, 0.29) is 51.4 Å². The standard InChI is InChI=1S/F4Si.K/c1-5(2,3)4;.